The van der Waals surface area contributed by atoms with Crippen molar-refractivity contribution in [2.45, 2.75) is 38.5 Å². The number of anilines is 1. The van der Waals surface area contributed by atoms with Crippen LogP contribution in [0.4, 0.5) is 5.69 Å². The summed E-state index contributed by atoms with van der Waals surface area (Å²) in [6.45, 7) is 0. The summed E-state index contributed by atoms with van der Waals surface area (Å²) in [6, 6.07) is 6.82. The second kappa shape index (κ2) is 5.71. The van der Waals surface area contributed by atoms with Gasteiger partial charge in [-0.2, -0.15) is 0 Å². The van der Waals surface area contributed by atoms with E-state index in [1.165, 1.54) is 25.7 Å². The molecule has 2 rings (SSSR count). The molecule has 17 heavy (non-hydrogen) atoms. The number of hydrogen-bond donors (Lipinski definition) is 2. The lowest BCUT2D eigenvalue weighted by atomic mass is 10.0. The third kappa shape index (κ3) is 3.48. The number of carbonyl (C=O) groups is 1. The van der Waals surface area contributed by atoms with Gasteiger partial charge in [-0.25, -0.2) is 0 Å². The van der Waals surface area contributed by atoms with Crippen LogP contribution in [0.25, 0.3) is 0 Å². The predicted molar refractivity (Wildman–Crippen MR) is 67.9 cm³/mol. The Balaban J connectivity index is 1.79. The van der Waals surface area contributed by atoms with Gasteiger partial charge in [0, 0.05) is 6.42 Å². The van der Waals surface area contributed by atoms with Gasteiger partial charge in [0.15, 0.2) is 0 Å². The van der Waals surface area contributed by atoms with E-state index in [1.54, 1.807) is 24.3 Å². The zero-order valence-electron chi connectivity index (χ0n) is 9.98. The van der Waals surface area contributed by atoms with Crippen molar-refractivity contribution in [2.24, 2.45) is 5.92 Å². The standard InChI is InChI=1S/C14H19NO2/c16-13-8-4-3-7-12(13)15-14(17)10-9-11-5-1-2-6-11/h3-4,7-8,11,16H,1-2,5-6,9-10H2,(H,15,17). The van der Waals surface area contributed by atoms with Gasteiger partial charge >= 0.3 is 0 Å². The Labute approximate surface area is 102 Å². The van der Waals surface area contributed by atoms with Crippen LogP contribution >= 0.6 is 0 Å². The molecule has 1 aromatic carbocycles. The molecule has 1 saturated carbocycles. The summed E-state index contributed by atoms with van der Waals surface area (Å²) in [4.78, 5) is 11.7. The molecule has 2 N–H and O–H groups in total. The number of para-hydroxylation sites is 2. The van der Waals surface area contributed by atoms with Gasteiger partial charge in [-0.1, -0.05) is 37.8 Å². The van der Waals surface area contributed by atoms with Crippen LogP contribution in [0.1, 0.15) is 38.5 Å². The lowest BCUT2D eigenvalue weighted by Crippen LogP contribution is -2.12. The summed E-state index contributed by atoms with van der Waals surface area (Å²) in [7, 11) is 0. The van der Waals surface area contributed by atoms with Crippen molar-refractivity contribution in [3.8, 4) is 5.75 Å². The summed E-state index contributed by atoms with van der Waals surface area (Å²) in [5, 5.41) is 12.3. The quantitative estimate of drug-likeness (QED) is 0.784. The number of amides is 1. The molecule has 0 radical (unpaired) electrons. The van der Waals surface area contributed by atoms with Crippen LogP contribution in [0, 0.1) is 5.92 Å². The highest BCUT2D eigenvalue weighted by atomic mass is 16.3. The molecular weight excluding hydrogens is 214 g/mol. The monoisotopic (exact) mass is 233 g/mol. The average molecular weight is 233 g/mol. The molecule has 0 atom stereocenters. The number of aromatic hydroxyl groups is 1. The summed E-state index contributed by atoms with van der Waals surface area (Å²) >= 11 is 0. The van der Waals surface area contributed by atoms with E-state index in [4.69, 9.17) is 0 Å². The van der Waals surface area contributed by atoms with Crippen molar-refractivity contribution < 1.29 is 9.90 Å². The van der Waals surface area contributed by atoms with Crippen molar-refractivity contribution in [3.63, 3.8) is 0 Å². The van der Waals surface area contributed by atoms with Gasteiger partial charge < -0.3 is 10.4 Å². The van der Waals surface area contributed by atoms with Crippen LogP contribution in [0.3, 0.4) is 0 Å². The minimum absolute atomic E-state index is 0.00148. The largest absolute Gasteiger partial charge is 0.506 e. The molecule has 1 aromatic rings. The molecule has 1 fully saturated rings. The van der Waals surface area contributed by atoms with Crippen LogP contribution in [-0.4, -0.2) is 11.0 Å². The van der Waals surface area contributed by atoms with Crippen molar-refractivity contribution in [1.82, 2.24) is 0 Å². The summed E-state index contributed by atoms with van der Waals surface area (Å²) in [6.07, 6.45) is 6.68. The van der Waals surface area contributed by atoms with Gasteiger partial charge in [0.25, 0.3) is 0 Å². The molecule has 0 saturated heterocycles. The first-order valence-corrected chi connectivity index (χ1v) is 6.33. The van der Waals surface area contributed by atoms with Crippen molar-refractivity contribution in [2.75, 3.05) is 5.32 Å². The first kappa shape index (κ1) is 12.0. The Kier molecular flexibility index (Phi) is 4.02. The Hall–Kier alpha value is -1.51. The van der Waals surface area contributed by atoms with Crippen LogP contribution in [0.15, 0.2) is 24.3 Å². The molecular formula is C14H19NO2. The lowest BCUT2D eigenvalue weighted by molar-refractivity contribution is -0.116. The number of hydrogen-bond acceptors (Lipinski definition) is 2. The molecule has 0 unspecified atom stereocenters. The molecule has 0 aliphatic heterocycles. The number of carbonyl (C=O) groups excluding carboxylic acids is 1. The van der Waals surface area contributed by atoms with E-state index in [-0.39, 0.29) is 11.7 Å². The van der Waals surface area contributed by atoms with Gasteiger partial charge in [0.2, 0.25) is 5.91 Å². The minimum atomic E-state index is -0.00148. The zero-order chi connectivity index (χ0) is 12.1. The number of benzene rings is 1. The van der Waals surface area contributed by atoms with Crippen LogP contribution in [-0.2, 0) is 4.79 Å². The Morgan fingerprint density at radius 3 is 2.71 bits per heavy atom. The van der Waals surface area contributed by atoms with E-state index in [1.807, 2.05) is 0 Å². The highest BCUT2D eigenvalue weighted by Crippen LogP contribution is 2.29. The second-order valence-electron chi connectivity index (χ2n) is 4.75. The Morgan fingerprint density at radius 2 is 2.00 bits per heavy atom. The highest BCUT2D eigenvalue weighted by molar-refractivity contribution is 5.92. The molecule has 0 heterocycles. The van der Waals surface area contributed by atoms with E-state index in [0.29, 0.717) is 12.1 Å². The first-order chi connectivity index (χ1) is 8.25. The summed E-state index contributed by atoms with van der Waals surface area (Å²) in [5.41, 5.74) is 0.504. The minimum Gasteiger partial charge on any atom is -0.506 e. The Morgan fingerprint density at radius 1 is 1.29 bits per heavy atom. The van der Waals surface area contributed by atoms with Crippen LogP contribution in [0.5, 0.6) is 5.75 Å². The van der Waals surface area contributed by atoms with E-state index in [9.17, 15) is 9.90 Å². The smallest absolute Gasteiger partial charge is 0.224 e. The highest BCUT2D eigenvalue weighted by Gasteiger charge is 2.16. The fraction of sp³-hybridized carbons (Fsp3) is 0.500. The summed E-state index contributed by atoms with van der Waals surface area (Å²) < 4.78 is 0. The third-order valence-electron chi connectivity index (χ3n) is 3.43. The molecule has 1 aliphatic rings. The van der Waals surface area contributed by atoms with Gasteiger partial charge in [0.1, 0.15) is 5.75 Å². The van der Waals surface area contributed by atoms with Gasteiger partial charge in [-0.15, -0.1) is 0 Å². The zero-order valence-corrected chi connectivity index (χ0v) is 9.98. The fourth-order valence-corrected chi connectivity index (χ4v) is 2.43. The SMILES string of the molecule is O=C(CCC1CCCC1)Nc1ccccc1O. The number of phenolic OH excluding ortho intramolecular Hbond substituents is 1. The number of nitrogens with one attached hydrogen (secondary N) is 1. The molecule has 1 amide bonds. The van der Waals surface area contributed by atoms with E-state index >= 15 is 0 Å². The van der Waals surface area contributed by atoms with E-state index in [0.717, 1.165) is 12.3 Å². The Bertz CT molecular complexity index is 384. The molecule has 1 aliphatic carbocycles. The molecule has 0 aromatic heterocycles. The van der Waals surface area contributed by atoms with E-state index < -0.39 is 0 Å². The number of phenols is 1. The summed E-state index contributed by atoms with van der Waals surface area (Å²) in [5.74, 6) is 0.852. The third-order valence-corrected chi connectivity index (χ3v) is 3.43. The molecule has 3 nitrogen and oxygen atoms in total. The molecule has 0 spiro atoms. The number of rotatable bonds is 4. The normalized spacial score (nSPS) is 16.0. The van der Waals surface area contributed by atoms with Crippen molar-refractivity contribution >= 4 is 11.6 Å². The molecule has 0 bridgehead atoms. The average Bonchev–Trinajstić information content (AvgIpc) is 2.82. The van der Waals surface area contributed by atoms with Crippen molar-refractivity contribution in [1.29, 1.82) is 0 Å². The van der Waals surface area contributed by atoms with E-state index in [2.05, 4.69) is 5.32 Å². The lowest BCUT2D eigenvalue weighted by Gasteiger charge is -2.09. The fourth-order valence-electron chi connectivity index (χ4n) is 2.43. The maximum absolute atomic E-state index is 11.7. The molecule has 92 valence electrons. The second-order valence-corrected chi connectivity index (χ2v) is 4.75. The van der Waals surface area contributed by atoms with Gasteiger partial charge in [0.05, 0.1) is 5.69 Å². The predicted octanol–water partition coefficient (Wildman–Crippen LogP) is 3.30. The first-order valence-electron chi connectivity index (χ1n) is 6.33. The van der Waals surface area contributed by atoms with Gasteiger partial charge in [-0.3, -0.25) is 4.79 Å². The van der Waals surface area contributed by atoms with Crippen molar-refractivity contribution in [3.05, 3.63) is 24.3 Å². The van der Waals surface area contributed by atoms with Crippen LogP contribution < -0.4 is 5.32 Å². The topological polar surface area (TPSA) is 49.3 Å². The van der Waals surface area contributed by atoms with Crippen LogP contribution in [0.2, 0.25) is 0 Å². The van der Waals surface area contributed by atoms with Gasteiger partial charge in [-0.05, 0) is 24.5 Å². The molecule has 3 heteroatoms. The maximum Gasteiger partial charge on any atom is 0.224 e. The maximum atomic E-state index is 11.7.